The van der Waals surface area contributed by atoms with Crippen LogP contribution in [0.3, 0.4) is 0 Å². The lowest BCUT2D eigenvalue weighted by Gasteiger charge is -2.26. The molecule has 110 valence electrons. The Balaban J connectivity index is 3.05. The van der Waals surface area contributed by atoms with Crippen molar-refractivity contribution in [1.82, 2.24) is 4.90 Å². The number of nitrogens with two attached hydrogens (primary N) is 1. The van der Waals surface area contributed by atoms with E-state index in [-0.39, 0.29) is 0 Å². The lowest BCUT2D eigenvalue weighted by Crippen LogP contribution is -2.31. The largest absolute Gasteiger partial charge is 0.497 e. The third-order valence-electron chi connectivity index (χ3n) is 3.25. The third-order valence-corrected chi connectivity index (χ3v) is 3.25. The Morgan fingerprint density at radius 2 is 2.10 bits per heavy atom. The van der Waals surface area contributed by atoms with Gasteiger partial charge in [-0.25, -0.2) is 0 Å². The van der Waals surface area contributed by atoms with Crippen molar-refractivity contribution in [3.63, 3.8) is 0 Å². The average molecular weight is 274 g/mol. The number of hydrogen-bond acceptors (Lipinski definition) is 3. The molecule has 3 heteroatoms. The zero-order valence-corrected chi connectivity index (χ0v) is 13.1. The zero-order chi connectivity index (χ0) is 15.0. The van der Waals surface area contributed by atoms with E-state index < -0.39 is 0 Å². The molecule has 20 heavy (non-hydrogen) atoms. The third kappa shape index (κ3) is 4.88. The van der Waals surface area contributed by atoms with E-state index in [0.29, 0.717) is 12.6 Å². The minimum atomic E-state index is 0.383. The summed E-state index contributed by atoms with van der Waals surface area (Å²) in [6, 6.07) is 6.55. The Hall–Kier alpha value is -1.50. The molecule has 1 aromatic carbocycles. The molecule has 3 nitrogen and oxygen atoms in total. The fraction of sp³-hybridized carbons (Fsp3) is 0.529. The van der Waals surface area contributed by atoms with Crippen molar-refractivity contribution in [2.45, 2.75) is 39.8 Å². The molecule has 0 aliphatic carbocycles. The Bertz CT molecular complexity index is 472. The van der Waals surface area contributed by atoms with Crippen molar-refractivity contribution in [3.8, 4) is 17.6 Å². The molecule has 0 amide bonds. The Kier molecular flexibility index (Phi) is 7.14. The first-order chi connectivity index (χ1) is 9.62. The molecule has 0 saturated heterocycles. The monoisotopic (exact) mass is 274 g/mol. The van der Waals surface area contributed by atoms with E-state index in [9.17, 15) is 0 Å². The summed E-state index contributed by atoms with van der Waals surface area (Å²) in [6.07, 6.45) is 1.14. The first-order valence-electron chi connectivity index (χ1n) is 7.22. The van der Waals surface area contributed by atoms with E-state index in [1.165, 1.54) is 5.56 Å². The molecule has 0 atom stereocenters. The van der Waals surface area contributed by atoms with Gasteiger partial charge < -0.3 is 10.5 Å². The van der Waals surface area contributed by atoms with Gasteiger partial charge in [0, 0.05) is 18.2 Å². The maximum absolute atomic E-state index is 5.47. The molecule has 0 fully saturated rings. The molecule has 1 aromatic rings. The lowest BCUT2D eigenvalue weighted by atomic mass is 10.1. The molecule has 2 N–H and O–H groups in total. The van der Waals surface area contributed by atoms with Crippen LogP contribution in [0.5, 0.6) is 5.75 Å². The van der Waals surface area contributed by atoms with Crippen LogP contribution in [0.15, 0.2) is 18.2 Å². The first-order valence-corrected chi connectivity index (χ1v) is 7.22. The predicted molar refractivity (Wildman–Crippen MR) is 84.8 cm³/mol. The van der Waals surface area contributed by atoms with Crippen LogP contribution in [0.25, 0.3) is 0 Å². The van der Waals surface area contributed by atoms with Crippen LogP contribution in [0.1, 0.15) is 38.3 Å². The maximum atomic E-state index is 5.47. The number of benzene rings is 1. The number of hydrogen-bond donors (Lipinski definition) is 1. The summed E-state index contributed by atoms with van der Waals surface area (Å²) in [5, 5.41) is 0. The van der Waals surface area contributed by atoms with Crippen LogP contribution in [0.2, 0.25) is 0 Å². The molecular formula is C17H26N2O. The highest BCUT2D eigenvalue weighted by atomic mass is 16.5. The lowest BCUT2D eigenvalue weighted by molar-refractivity contribution is 0.213. The van der Waals surface area contributed by atoms with Gasteiger partial charge in [0.2, 0.25) is 0 Å². The topological polar surface area (TPSA) is 38.5 Å². The number of ether oxygens (including phenoxy) is 1. The van der Waals surface area contributed by atoms with Gasteiger partial charge in [0.05, 0.1) is 13.7 Å². The molecule has 0 saturated carbocycles. The van der Waals surface area contributed by atoms with Crippen molar-refractivity contribution in [2.24, 2.45) is 5.73 Å². The summed E-state index contributed by atoms with van der Waals surface area (Å²) >= 11 is 0. The zero-order valence-electron chi connectivity index (χ0n) is 13.1. The smallest absolute Gasteiger partial charge is 0.119 e. The van der Waals surface area contributed by atoms with Crippen LogP contribution < -0.4 is 10.5 Å². The van der Waals surface area contributed by atoms with E-state index in [2.05, 4.69) is 43.6 Å². The van der Waals surface area contributed by atoms with Gasteiger partial charge in [-0.15, -0.1) is 0 Å². The second-order valence-corrected chi connectivity index (χ2v) is 5.09. The summed E-state index contributed by atoms with van der Waals surface area (Å²) in [6.45, 7) is 9.00. The molecule has 0 aromatic heterocycles. The maximum Gasteiger partial charge on any atom is 0.119 e. The molecule has 0 spiro atoms. The predicted octanol–water partition coefficient (Wildman–Crippen LogP) is 2.63. The first kappa shape index (κ1) is 16.6. The number of rotatable bonds is 6. The number of methoxy groups -OCH3 is 1. The highest BCUT2D eigenvalue weighted by Crippen LogP contribution is 2.20. The summed E-state index contributed by atoms with van der Waals surface area (Å²) in [4.78, 5) is 2.45. The average Bonchev–Trinajstić information content (AvgIpc) is 2.45. The fourth-order valence-electron chi connectivity index (χ4n) is 2.12. The summed E-state index contributed by atoms with van der Waals surface area (Å²) in [5.41, 5.74) is 7.71. The second-order valence-electron chi connectivity index (χ2n) is 5.09. The molecule has 0 heterocycles. The van der Waals surface area contributed by atoms with Gasteiger partial charge in [-0.3, -0.25) is 4.90 Å². The second kappa shape index (κ2) is 8.63. The van der Waals surface area contributed by atoms with E-state index in [1.54, 1.807) is 7.11 Å². The van der Waals surface area contributed by atoms with Crippen molar-refractivity contribution in [1.29, 1.82) is 0 Å². The minimum Gasteiger partial charge on any atom is -0.497 e. The minimum absolute atomic E-state index is 0.383. The SMILES string of the molecule is CCCN(Cc1cc(OC)ccc1C#CCN)C(C)C. The van der Waals surface area contributed by atoms with Gasteiger partial charge in [0.25, 0.3) is 0 Å². The molecule has 0 aliphatic rings. The normalized spacial score (nSPS) is 10.6. The highest BCUT2D eigenvalue weighted by Gasteiger charge is 2.12. The van der Waals surface area contributed by atoms with Crippen LogP contribution in [0.4, 0.5) is 0 Å². The van der Waals surface area contributed by atoms with Crippen LogP contribution in [-0.2, 0) is 6.54 Å². The van der Waals surface area contributed by atoms with Crippen molar-refractivity contribution >= 4 is 0 Å². The molecule has 0 aliphatic heterocycles. The molecule has 0 bridgehead atoms. The van der Waals surface area contributed by atoms with Gasteiger partial charge in [0.15, 0.2) is 0 Å². The standard InChI is InChI=1S/C17H26N2O/c1-5-11-19(14(2)3)13-16-12-17(20-4)9-8-15(16)7-6-10-18/h8-9,12,14H,5,10-11,13,18H2,1-4H3. The Labute approximate surface area is 123 Å². The van der Waals surface area contributed by atoms with Gasteiger partial charge in [0.1, 0.15) is 5.75 Å². The van der Waals surface area contributed by atoms with Gasteiger partial charge in [-0.2, -0.15) is 0 Å². The van der Waals surface area contributed by atoms with E-state index in [0.717, 1.165) is 30.8 Å². The summed E-state index contributed by atoms with van der Waals surface area (Å²) < 4.78 is 5.32. The van der Waals surface area contributed by atoms with Gasteiger partial charge >= 0.3 is 0 Å². The van der Waals surface area contributed by atoms with Gasteiger partial charge in [-0.05, 0) is 50.6 Å². The van der Waals surface area contributed by atoms with Crippen LogP contribution in [0, 0.1) is 11.8 Å². The van der Waals surface area contributed by atoms with Gasteiger partial charge in [-0.1, -0.05) is 18.8 Å². The van der Waals surface area contributed by atoms with Crippen molar-refractivity contribution < 1.29 is 4.74 Å². The molecular weight excluding hydrogens is 248 g/mol. The summed E-state index contributed by atoms with van der Waals surface area (Å²) in [5.74, 6) is 6.96. The van der Waals surface area contributed by atoms with Crippen LogP contribution in [-0.4, -0.2) is 31.1 Å². The highest BCUT2D eigenvalue weighted by molar-refractivity contribution is 5.45. The Morgan fingerprint density at radius 1 is 1.35 bits per heavy atom. The van der Waals surface area contributed by atoms with Crippen LogP contribution >= 0.6 is 0 Å². The fourth-order valence-corrected chi connectivity index (χ4v) is 2.12. The molecule has 0 radical (unpaired) electrons. The van der Waals surface area contributed by atoms with Crippen molar-refractivity contribution in [2.75, 3.05) is 20.2 Å². The van der Waals surface area contributed by atoms with E-state index >= 15 is 0 Å². The Morgan fingerprint density at radius 3 is 2.65 bits per heavy atom. The van der Waals surface area contributed by atoms with Crippen molar-refractivity contribution in [3.05, 3.63) is 29.3 Å². The number of nitrogens with zero attached hydrogens (tertiary/aromatic N) is 1. The summed E-state index contributed by atoms with van der Waals surface area (Å²) in [7, 11) is 1.69. The molecule has 0 unspecified atom stereocenters. The molecule has 1 rings (SSSR count). The van der Waals surface area contributed by atoms with E-state index in [4.69, 9.17) is 10.5 Å². The quantitative estimate of drug-likeness (QED) is 0.810. The van der Waals surface area contributed by atoms with E-state index in [1.807, 2.05) is 12.1 Å².